The van der Waals surface area contributed by atoms with Gasteiger partial charge >= 0.3 is 0 Å². The van der Waals surface area contributed by atoms with E-state index in [9.17, 15) is 5.11 Å². The SMILES string of the molecule is C[C@@H]1CCC[C@@H]2CC[C@@H](O)C[C@]21C. The zero-order chi connectivity index (χ0) is 9.47. The quantitative estimate of drug-likeness (QED) is 0.610. The molecule has 1 nitrogen and oxygen atoms in total. The van der Waals surface area contributed by atoms with E-state index in [1.54, 1.807) is 0 Å². The second-order valence-corrected chi connectivity index (χ2v) is 5.47. The normalized spacial score (nSPS) is 51.5. The van der Waals surface area contributed by atoms with E-state index in [2.05, 4.69) is 13.8 Å². The van der Waals surface area contributed by atoms with Crippen molar-refractivity contribution in [2.24, 2.45) is 17.3 Å². The van der Waals surface area contributed by atoms with Crippen molar-refractivity contribution in [1.29, 1.82) is 0 Å². The topological polar surface area (TPSA) is 20.2 Å². The summed E-state index contributed by atoms with van der Waals surface area (Å²) in [7, 11) is 0. The van der Waals surface area contributed by atoms with Gasteiger partial charge in [-0.2, -0.15) is 0 Å². The molecule has 1 N–H and O–H groups in total. The molecule has 0 spiro atoms. The lowest BCUT2D eigenvalue weighted by Gasteiger charge is -2.50. The molecule has 0 bridgehead atoms. The fraction of sp³-hybridized carbons (Fsp3) is 1.00. The highest BCUT2D eigenvalue weighted by Crippen LogP contribution is 2.52. The molecule has 0 aromatic heterocycles. The van der Waals surface area contributed by atoms with E-state index in [4.69, 9.17) is 0 Å². The Bertz CT molecular complexity index is 190. The maximum Gasteiger partial charge on any atom is 0.0545 e. The van der Waals surface area contributed by atoms with Gasteiger partial charge in [0.1, 0.15) is 0 Å². The van der Waals surface area contributed by atoms with Crippen LogP contribution >= 0.6 is 0 Å². The van der Waals surface area contributed by atoms with Gasteiger partial charge in [-0.25, -0.2) is 0 Å². The van der Waals surface area contributed by atoms with Crippen LogP contribution in [-0.2, 0) is 0 Å². The fourth-order valence-electron chi connectivity index (χ4n) is 3.58. The number of hydrogen-bond acceptors (Lipinski definition) is 1. The predicted molar refractivity (Wildman–Crippen MR) is 54.5 cm³/mol. The van der Waals surface area contributed by atoms with Crippen molar-refractivity contribution >= 4 is 0 Å². The van der Waals surface area contributed by atoms with Crippen LogP contribution in [0.25, 0.3) is 0 Å². The van der Waals surface area contributed by atoms with Crippen molar-refractivity contribution in [3.05, 3.63) is 0 Å². The van der Waals surface area contributed by atoms with Crippen molar-refractivity contribution in [1.82, 2.24) is 0 Å². The largest absolute Gasteiger partial charge is 0.393 e. The summed E-state index contributed by atoms with van der Waals surface area (Å²) in [6.07, 6.45) is 7.56. The van der Waals surface area contributed by atoms with Crippen molar-refractivity contribution in [2.75, 3.05) is 0 Å². The lowest BCUT2D eigenvalue weighted by Crippen LogP contribution is -2.43. The Morgan fingerprint density at radius 3 is 2.69 bits per heavy atom. The highest BCUT2D eigenvalue weighted by atomic mass is 16.3. The van der Waals surface area contributed by atoms with Gasteiger partial charge in [0.2, 0.25) is 0 Å². The minimum atomic E-state index is -0.0122. The average molecular weight is 182 g/mol. The van der Waals surface area contributed by atoms with E-state index >= 15 is 0 Å². The minimum Gasteiger partial charge on any atom is -0.393 e. The molecule has 0 amide bonds. The van der Waals surface area contributed by atoms with E-state index in [0.29, 0.717) is 5.41 Å². The minimum absolute atomic E-state index is 0.0122. The highest BCUT2D eigenvalue weighted by molar-refractivity contribution is 4.95. The maximum absolute atomic E-state index is 9.73. The Balaban J connectivity index is 2.15. The van der Waals surface area contributed by atoms with Crippen LogP contribution in [0.5, 0.6) is 0 Å². The standard InChI is InChI=1S/C12H22O/c1-9-4-3-5-10-6-7-11(13)8-12(9,10)2/h9-11,13H,3-8H2,1-2H3/t9-,10-,11-,12+/m1/s1. The molecule has 0 aliphatic heterocycles. The molecule has 2 saturated carbocycles. The summed E-state index contributed by atoms with van der Waals surface area (Å²) in [4.78, 5) is 0. The molecular weight excluding hydrogens is 160 g/mol. The Morgan fingerprint density at radius 1 is 1.15 bits per heavy atom. The van der Waals surface area contributed by atoms with Crippen molar-refractivity contribution in [2.45, 2.75) is 58.5 Å². The first-order valence-corrected chi connectivity index (χ1v) is 5.81. The number of hydrogen-bond donors (Lipinski definition) is 1. The first-order valence-electron chi connectivity index (χ1n) is 5.81. The zero-order valence-electron chi connectivity index (χ0n) is 8.92. The van der Waals surface area contributed by atoms with Crippen LogP contribution in [0.4, 0.5) is 0 Å². The molecule has 2 aliphatic carbocycles. The Labute approximate surface area is 81.5 Å². The molecule has 4 atom stereocenters. The summed E-state index contributed by atoms with van der Waals surface area (Å²) < 4.78 is 0. The van der Waals surface area contributed by atoms with E-state index in [-0.39, 0.29) is 6.10 Å². The first-order chi connectivity index (χ1) is 6.13. The van der Waals surface area contributed by atoms with Crippen LogP contribution < -0.4 is 0 Å². The van der Waals surface area contributed by atoms with Crippen LogP contribution in [0.1, 0.15) is 52.4 Å². The number of aliphatic hydroxyl groups excluding tert-OH is 1. The Morgan fingerprint density at radius 2 is 1.92 bits per heavy atom. The summed E-state index contributed by atoms with van der Waals surface area (Å²) in [5, 5.41) is 9.73. The second-order valence-electron chi connectivity index (χ2n) is 5.47. The summed E-state index contributed by atoms with van der Waals surface area (Å²) >= 11 is 0. The molecule has 13 heavy (non-hydrogen) atoms. The van der Waals surface area contributed by atoms with Crippen LogP contribution in [-0.4, -0.2) is 11.2 Å². The maximum atomic E-state index is 9.73. The van der Waals surface area contributed by atoms with Gasteiger partial charge in [-0.05, 0) is 42.9 Å². The number of rotatable bonds is 0. The predicted octanol–water partition coefficient (Wildman–Crippen LogP) is 2.97. The van der Waals surface area contributed by atoms with Gasteiger partial charge in [-0.15, -0.1) is 0 Å². The molecule has 0 saturated heterocycles. The summed E-state index contributed by atoms with van der Waals surface area (Å²) in [5.74, 6) is 1.72. The van der Waals surface area contributed by atoms with Gasteiger partial charge in [0, 0.05) is 0 Å². The summed E-state index contributed by atoms with van der Waals surface area (Å²) in [6.45, 7) is 4.79. The van der Waals surface area contributed by atoms with Gasteiger partial charge in [-0.3, -0.25) is 0 Å². The molecular formula is C12H22O. The molecule has 2 aliphatic rings. The lowest BCUT2D eigenvalue weighted by atomic mass is 9.55. The third-order valence-corrected chi connectivity index (χ3v) is 4.77. The smallest absolute Gasteiger partial charge is 0.0545 e. The van der Waals surface area contributed by atoms with Gasteiger partial charge in [0.25, 0.3) is 0 Å². The second kappa shape index (κ2) is 3.27. The monoisotopic (exact) mass is 182 g/mol. The van der Waals surface area contributed by atoms with Crippen molar-refractivity contribution in [3.63, 3.8) is 0 Å². The van der Waals surface area contributed by atoms with Crippen LogP contribution in [0, 0.1) is 17.3 Å². The van der Waals surface area contributed by atoms with Crippen LogP contribution in [0.3, 0.4) is 0 Å². The fourth-order valence-corrected chi connectivity index (χ4v) is 3.58. The molecule has 1 heteroatoms. The van der Waals surface area contributed by atoms with Gasteiger partial charge in [0.15, 0.2) is 0 Å². The van der Waals surface area contributed by atoms with E-state index in [1.165, 1.54) is 25.7 Å². The molecule has 0 aromatic rings. The summed E-state index contributed by atoms with van der Waals surface area (Å²) in [5.41, 5.74) is 0.454. The third-order valence-electron chi connectivity index (χ3n) is 4.77. The Kier molecular flexibility index (Phi) is 2.39. The van der Waals surface area contributed by atoms with Crippen LogP contribution in [0.15, 0.2) is 0 Å². The molecule has 0 radical (unpaired) electrons. The van der Waals surface area contributed by atoms with Gasteiger partial charge in [0.05, 0.1) is 6.10 Å². The average Bonchev–Trinajstić information content (AvgIpc) is 2.07. The zero-order valence-corrected chi connectivity index (χ0v) is 8.92. The van der Waals surface area contributed by atoms with E-state index in [1.807, 2.05) is 0 Å². The van der Waals surface area contributed by atoms with E-state index < -0.39 is 0 Å². The third kappa shape index (κ3) is 1.52. The molecule has 0 unspecified atom stereocenters. The molecule has 2 rings (SSSR count). The van der Waals surface area contributed by atoms with Crippen molar-refractivity contribution in [3.8, 4) is 0 Å². The molecule has 0 heterocycles. The Hall–Kier alpha value is -0.0400. The number of fused-ring (bicyclic) bond motifs is 1. The van der Waals surface area contributed by atoms with Crippen LogP contribution in [0.2, 0.25) is 0 Å². The highest BCUT2D eigenvalue weighted by Gasteiger charge is 2.45. The molecule has 2 fully saturated rings. The number of aliphatic hydroxyl groups is 1. The van der Waals surface area contributed by atoms with E-state index in [0.717, 1.165) is 24.7 Å². The first kappa shape index (κ1) is 9.51. The summed E-state index contributed by atoms with van der Waals surface area (Å²) in [6, 6.07) is 0. The van der Waals surface area contributed by atoms with Gasteiger partial charge < -0.3 is 5.11 Å². The lowest BCUT2D eigenvalue weighted by molar-refractivity contribution is -0.0469. The molecule has 76 valence electrons. The van der Waals surface area contributed by atoms with Crippen molar-refractivity contribution < 1.29 is 5.11 Å². The molecule has 0 aromatic carbocycles. The van der Waals surface area contributed by atoms with Gasteiger partial charge in [-0.1, -0.05) is 26.7 Å².